The molecule has 0 aliphatic carbocycles. The summed E-state index contributed by atoms with van der Waals surface area (Å²) < 4.78 is 10.7. The van der Waals surface area contributed by atoms with E-state index >= 15 is 0 Å². The summed E-state index contributed by atoms with van der Waals surface area (Å²) in [6, 6.07) is 6.03. The van der Waals surface area contributed by atoms with E-state index in [0.29, 0.717) is 12.3 Å². The van der Waals surface area contributed by atoms with Crippen molar-refractivity contribution in [2.75, 3.05) is 20.8 Å². The van der Waals surface area contributed by atoms with E-state index in [2.05, 4.69) is 11.1 Å². The van der Waals surface area contributed by atoms with Gasteiger partial charge < -0.3 is 15.2 Å². The van der Waals surface area contributed by atoms with Crippen molar-refractivity contribution in [3.8, 4) is 11.5 Å². The third-order valence-corrected chi connectivity index (χ3v) is 3.18. The molecule has 0 aliphatic heterocycles. The standard InChI is InChI=1S/C15H20N2O2/c1-10-7-11(5-4-6-16)12-8-14(18-2)15(19-3)9-13(12)17-10/h7-9H,4-6,16H2,1-3H3. The molecule has 1 aromatic heterocycles. The van der Waals surface area contributed by atoms with E-state index in [1.54, 1.807) is 14.2 Å². The number of aromatic nitrogens is 1. The van der Waals surface area contributed by atoms with E-state index in [4.69, 9.17) is 15.2 Å². The van der Waals surface area contributed by atoms with Crippen LogP contribution >= 0.6 is 0 Å². The number of methoxy groups -OCH3 is 2. The van der Waals surface area contributed by atoms with Gasteiger partial charge in [0.15, 0.2) is 11.5 Å². The molecule has 2 rings (SSSR count). The summed E-state index contributed by atoms with van der Waals surface area (Å²) >= 11 is 0. The predicted octanol–water partition coefficient (Wildman–Crippen LogP) is 2.45. The van der Waals surface area contributed by atoms with Crippen molar-refractivity contribution in [2.24, 2.45) is 5.73 Å². The van der Waals surface area contributed by atoms with E-state index < -0.39 is 0 Å². The van der Waals surface area contributed by atoms with Crippen LogP contribution in [0.5, 0.6) is 11.5 Å². The van der Waals surface area contributed by atoms with Crippen molar-refractivity contribution in [1.29, 1.82) is 0 Å². The number of nitrogens with zero attached hydrogens (tertiary/aromatic N) is 1. The molecular formula is C15H20N2O2. The molecule has 0 saturated carbocycles. The van der Waals surface area contributed by atoms with Gasteiger partial charge in [-0.1, -0.05) is 0 Å². The molecule has 4 heteroatoms. The van der Waals surface area contributed by atoms with Gasteiger partial charge in [0.25, 0.3) is 0 Å². The Hall–Kier alpha value is -1.81. The molecule has 0 saturated heterocycles. The maximum Gasteiger partial charge on any atom is 0.162 e. The maximum absolute atomic E-state index is 5.60. The average Bonchev–Trinajstić information content (AvgIpc) is 2.43. The summed E-state index contributed by atoms with van der Waals surface area (Å²) in [6.07, 6.45) is 1.92. The Morgan fingerprint density at radius 2 is 1.79 bits per heavy atom. The van der Waals surface area contributed by atoms with Gasteiger partial charge in [-0.2, -0.15) is 0 Å². The lowest BCUT2D eigenvalue weighted by molar-refractivity contribution is 0.355. The highest BCUT2D eigenvalue weighted by atomic mass is 16.5. The Labute approximate surface area is 113 Å². The first kappa shape index (κ1) is 13.6. The highest BCUT2D eigenvalue weighted by Gasteiger charge is 2.10. The molecule has 0 atom stereocenters. The molecule has 102 valence electrons. The summed E-state index contributed by atoms with van der Waals surface area (Å²) in [5.74, 6) is 1.44. The molecule has 0 radical (unpaired) electrons. The minimum Gasteiger partial charge on any atom is -0.493 e. The Balaban J connectivity index is 2.61. The Morgan fingerprint density at radius 1 is 1.11 bits per heavy atom. The summed E-state index contributed by atoms with van der Waals surface area (Å²) in [5.41, 5.74) is 8.80. The van der Waals surface area contributed by atoms with Crippen molar-refractivity contribution in [1.82, 2.24) is 4.98 Å². The Kier molecular flexibility index (Phi) is 4.22. The molecule has 2 N–H and O–H groups in total. The van der Waals surface area contributed by atoms with Crippen LogP contribution in [0.1, 0.15) is 17.7 Å². The van der Waals surface area contributed by atoms with Crippen LogP contribution in [0, 0.1) is 6.92 Å². The fourth-order valence-electron chi connectivity index (χ4n) is 2.27. The SMILES string of the molecule is COc1cc2nc(C)cc(CCCN)c2cc1OC. The fraction of sp³-hybridized carbons (Fsp3) is 0.400. The number of ether oxygens (including phenoxy) is 2. The van der Waals surface area contributed by atoms with Crippen molar-refractivity contribution in [3.05, 3.63) is 29.5 Å². The number of nitrogens with two attached hydrogens (primary N) is 1. The zero-order valence-corrected chi connectivity index (χ0v) is 11.7. The normalized spacial score (nSPS) is 10.7. The van der Waals surface area contributed by atoms with Crippen LogP contribution in [0.25, 0.3) is 10.9 Å². The van der Waals surface area contributed by atoms with Crippen LogP contribution in [0.2, 0.25) is 0 Å². The molecule has 0 bridgehead atoms. The highest BCUT2D eigenvalue weighted by molar-refractivity contribution is 5.86. The summed E-state index contributed by atoms with van der Waals surface area (Å²) in [6.45, 7) is 2.69. The van der Waals surface area contributed by atoms with Crippen LogP contribution in [-0.2, 0) is 6.42 Å². The van der Waals surface area contributed by atoms with Crippen molar-refractivity contribution in [3.63, 3.8) is 0 Å². The van der Waals surface area contributed by atoms with Crippen molar-refractivity contribution < 1.29 is 9.47 Å². The topological polar surface area (TPSA) is 57.4 Å². The first-order valence-electron chi connectivity index (χ1n) is 6.42. The number of pyridine rings is 1. The van der Waals surface area contributed by atoms with Crippen LogP contribution in [0.3, 0.4) is 0 Å². The molecule has 0 fully saturated rings. The molecule has 1 aromatic carbocycles. The molecule has 4 nitrogen and oxygen atoms in total. The van der Waals surface area contributed by atoms with Gasteiger partial charge in [-0.05, 0) is 44.0 Å². The van der Waals surface area contributed by atoms with E-state index in [1.807, 2.05) is 19.1 Å². The predicted molar refractivity (Wildman–Crippen MR) is 77.0 cm³/mol. The first-order chi connectivity index (χ1) is 9.19. The van der Waals surface area contributed by atoms with Gasteiger partial charge in [-0.25, -0.2) is 0 Å². The Bertz CT molecular complexity index is 582. The van der Waals surface area contributed by atoms with Gasteiger partial charge in [0, 0.05) is 17.1 Å². The monoisotopic (exact) mass is 260 g/mol. The first-order valence-corrected chi connectivity index (χ1v) is 6.42. The van der Waals surface area contributed by atoms with Crippen LogP contribution in [-0.4, -0.2) is 25.7 Å². The van der Waals surface area contributed by atoms with Crippen LogP contribution in [0.4, 0.5) is 0 Å². The van der Waals surface area contributed by atoms with Crippen LogP contribution < -0.4 is 15.2 Å². The summed E-state index contributed by atoms with van der Waals surface area (Å²) in [7, 11) is 3.28. The number of rotatable bonds is 5. The van der Waals surface area contributed by atoms with Crippen molar-refractivity contribution >= 4 is 10.9 Å². The molecule has 0 unspecified atom stereocenters. The average molecular weight is 260 g/mol. The summed E-state index contributed by atoms with van der Waals surface area (Å²) in [4.78, 5) is 4.56. The van der Waals surface area contributed by atoms with E-state index in [1.165, 1.54) is 5.56 Å². The van der Waals surface area contributed by atoms with Gasteiger partial charge in [0.1, 0.15) is 0 Å². The van der Waals surface area contributed by atoms with E-state index in [0.717, 1.165) is 35.2 Å². The minimum atomic E-state index is 0.691. The zero-order chi connectivity index (χ0) is 13.8. The molecule has 19 heavy (non-hydrogen) atoms. The molecule has 2 aromatic rings. The van der Waals surface area contributed by atoms with Gasteiger partial charge in [0.2, 0.25) is 0 Å². The third kappa shape index (κ3) is 2.79. The quantitative estimate of drug-likeness (QED) is 0.897. The lowest BCUT2D eigenvalue weighted by Gasteiger charge is -2.12. The minimum absolute atomic E-state index is 0.691. The lowest BCUT2D eigenvalue weighted by atomic mass is 10.0. The van der Waals surface area contributed by atoms with E-state index in [9.17, 15) is 0 Å². The molecule has 0 amide bonds. The maximum atomic E-state index is 5.60. The zero-order valence-electron chi connectivity index (χ0n) is 11.7. The summed E-state index contributed by atoms with van der Waals surface area (Å²) in [5, 5.41) is 1.11. The number of hydrogen-bond donors (Lipinski definition) is 1. The smallest absolute Gasteiger partial charge is 0.162 e. The third-order valence-electron chi connectivity index (χ3n) is 3.18. The fourth-order valence-corrected chi connectivity index (χ4v) is 2.27. The second-order valence-electron chi connectivity index (χ2n) is 4.54. The molecule has 0 aliphatic rings. The lowest BCUT2D eigenvalue weighted by Crippen LogP contribution is -2.02. The number of aryl methyl sites for hydroxylation is 2. The largest absolute Gasteiger partial charge is 0.493 e. The Morgan fingerprint density at radius 3 is 2.42 bits per heavy atom. The van der Waals surface area contributed by atoms with Crippen LogP contribution in [0.15, 0.2) is 18.2 Å². The second-order valence-corrected chi connectivity index (χ2v) is 4.54. The van der Waals surface area contributed by atoms with Gasteiger partial charge in [0.05, 0.1) is 19.7 Å². The second kappa shape index (κ2) is 5.89. The highest BCUT2D eigenvalue weighted by Crippen LogP contribution is 2.33. The molecule has 1 heterocycles. The number of fused-ring (bicyclic) bond motifs is 1. The van der Waals surface area contributed by atoms with Gasteiger partial charge in [-0.3, -0.25) is 4.98 Å². The van der Waals surface area contributed by atoms with Gasteiger partial charge >= 0.3 is 0 Å². The molecular weight excluding hydrogens is 240 g/mol. The van der Waals surface area contributed by atoms with Crippen molar-refractivity contribution in [2.45, 2.75) is 19.8 Å². The van der Waals surface area contributed by atoms with Gasteiger partial charge in [-0.15, -0.1) is 0 Å². The number of benzene rings is 1. The van der Waals surface area contributed by atoms with E-state index in [-0.39, 0.29) is 0 Å². The number of hydrogen-bond acceptors (Lipinski definition) is 4. The molecule has 0 spiro atoms.